The lowest BCUT2D eigenvalue weighted by molar-refractivity contribution is -0.134. The Morgan fingerprint density at radius 1 is 1.14 bits per heavy atom. The molecular weight excluding hydrogens is 380 g/mol. The molecule has 1 amide bonds. The first-order chi connectivity index (χ1) is 13.4. The van der Waals surface area contributed by atoms with Crippen molar-refractivity contribution in [3.63, 3.8) is 0 Å². The number of rotatable bonds is 6. The summed E-state index contributed by atoms with van der Waals surface area (Å²) in [5, 5.41) is 3.08. The second-order valence-corrected chi connectivity index (χ2v) is 9.80. The lowest BCUT2D eigenvalue weighted by Gasteiger charge is -2.38. The number of carbonyl (C=O) groups excluding carboxylic acids is 2. The fraction of sp³-hybridized carbons (Fsp3) is 0.600. The highest BCUT2D eigenvalue weighted by Gasteiger charge is 2.38. The summed E-state index contributed by atoms with van der Waals surface area (Å²) in [5.74, 6) is -0.303. The van der Waals surface area contributed by atoms with Crippen molar-refractivity contribution in [2.24, 2.45) is 0 Å². The van der Waals surface area contributed by atoms with E-state index in [-0.39, 0.29) is 36.0 Å². The van der Waals surface area contributed by atoms with E-state index < -0.39 is 15.8 Å². The van der Waals surface area contributed by atoms with Gasteiger partial charge < -0.3 is 15.0 Å². The van der Waals surface area contributed by atoms with E-state index in [0.29, 0.717) is 17.7 Å². The van der Waals surface area contributed by atoms with Crippen LogP contribution in [0.2, 0.25) is 0 Å². The SMILES string of the molecule is COC(=O)c1cccc(NCC(=O)N(C2CCCCC2)C2CCS(=O)(=O)C2)c1. The number of ether oxygens (including phenoxy) is 1. The van der Waals surface area contributed by atoms with Crippen molar-refractivity contribution in [3.05, 3.63) is 29.8 Å². The van der Waals surface area contributed by atoms with Gasteiger partial charge in [-0.1, -0.05) is 25.3 Å². The summed E-state index contributed by atoms with van der Waals surface area (Å²) in [5.41, 5.74) is 1.06. The molecule has 2 fully saturated rings. The van der Waals surface area contributed by atoms with E-state index in [1.807, 2.05) is 4.90 Å². The third kappa shape index (κ3) is 5.04. The molecule has 1 aliphatic carbocycles. The number of sulfone groups is 1. The second-order valence-electron chi connectivity index (χ2n) is 7.58. The van der Waals surface area contributed by atoms with Crippen LogP contribution in [0.15, 0.2) is 24.3 Å². The molecule has 8 heteroatoms. The van der Waals surface area contributed by atoms with E-state index in [4.69, 9.17) is 4.74 Å². The summed E-state index contributed by atoms with van der Waals surface area (Å²) in [6.45, 7) is 0.0671. The number of nitrogens with zero attached hydrogens (tertiary/aromatic N) is 1. The zero-order chi connectivity index (χ0) is 20.1. The molecule has 1 saturated carbocycles. The van der Waals surface area contributed by atoms with Gasteiger partial charge in [-0.2, -0.15) is 0 Å². The number of hydrogen-bond acceptors (Lipinski definition) is 6. The Bertz CT molecular complexity index is 818. The molecule has 1 atom stereocenters. The first-order valence-corrected chi connectivity index (χ1v) is 11.7. The van der Waals surface area contributed by atoms with Gasteiger partial charge in [0.15, 0.2) is 9.84 Å². The van der Waals surface area contributed by atoms with Crippen LogP contribution in [0.25, 0.3) is 0 Å². The molecule has 2 aliphatic rings. The molecule has 7 nitrogen and oxygen atoms in total. The van der Waals surface area contributed by atoms with Crippen LogP contribution in [-0.4, -0.2) is 62.4 Å². The van der Waals surface area contributed by atoms with Crippen LogP contribution in [0.5, 0.6) is 0 Å². The smallest absolute Gasteiger partial charge is 0.337 e. The van der Waals surface area contributed by atoms with Gasteiger partial charge >= 0.3 is 5.97 Å². The van der Waals surface area contributed by atoms with Gasteiger partial charge in [-0.15, -0.1) is 0 Å². The number of anilines is 1. The minimum atomic E-state index is -3.06. The topological polar surface area (TPSA) is 92.8 Å². The highest BCUT2D eigenvalue weighted by atomic mass is 32.2. The first kappa shape index (κ1) is 20.6. The third-order valence-corrected chi connectivity index (χ3v) is 7.34. The maximum Gasteiger partial charge on any atom is 0.337 e. The van der Waals surface area contributed by atoms with E-state index in [2.05, 4.69) is 5.32 Å². The van der Waals surface area contributed by atoms with E-state index in [9.17, 15) is 18.0 Å². The largest absolute Gasteiger partial charge is 0.465 e. The number of esters is 1. The summed E-state index contributed by atoms with van der Waals surface area (Å²) < 4.78 is 28.6. The number of carbonyl (C=O) groups is 2. The molecule has 1 unspecified atom stereocenters. The van der Waals surface area contributed by atoms with Crippen LogP contribution in [0.1, 0.15) is 48.9 Å². The Labute approximate surface area is 166 Å². The minimum absolute atomic E-state index is 0.0626. The summed E-state index contributed by atoms with van der Waals surface area (Å²) >= 11 is 0. The molecule has 1 heterocycles. The van der Waals surface area contributed by atoms with Crippen LogP contribution in [0, 0.1) is 0 Å². The summed E-state index contributed by atoms with van der Waals surface area (Å²) in [4.78, 5) is 26.6. The van der Waals surface area contributed by atoms with E-state index in [1.54, 1.807) is 24.3 Å². The molecule has 1 aromatic rings. The molecule has 1 aromatic carbocycles. The molecular formula is C20H28N2O5S. The highest BCUT2D eigenvalue weighted by molar-refractivity contribution is 7.91. The Kier molecular flexibility index (Phi) is 6.59. The number of nitrogens with one attached hydrogen (secondary N) is 1. The van der Waals surface area contributed by atoms with Crippen molar-refractivity contribution in [3.8, 4) is 0 Å². The Hall–Kier alpha value is -2.09. The van der Waals surface area contributed by atoms with Gasteiger partial charge in [-0.3, -0.25) is 4.79 Å². The van der Waals surface area contributed by atoms with Gasteiger partial charge in [-0.05, 0) is 37.5 Å². The van der Waals surface area contributed by atoms with Gasteiger partial charge in [0, 0.05) is 17.8 Å². The first-order valence-electron chi connectivity index (χ1n) is 9.83. The van der Waals surface area contributed by atoms with Gasteiger partial charge in [0.25, 0.3) is 0 Å². The number of methoxy groups -OCH3 is 1. The zero-order valence-corrected chi connectivity index (χ0v) is 17.0. The molecule has 0 radical (unpaired) electrons. The van der Waals surface area contributed by atoms with Crippen LogP contribution >= 0.6 is 0 Å². The van der Waals surface area contributed by atoms with Crippen molar-refractivity contribution in [2.75, 3.05) is 30.5 Å². The standard InChI is InChI=1S/C20H28N2O5S/c1-27-20(24)15-6-5-7-16(12-15)21-13-19(23)22(17-8-3-2-4-9-17)18-10-11-28(25,26)14-18/h5-7,12,17-18,21H,2-4,8-11,13-14H2,1H3. The summed E-state index contributed by atoms with van der Waals surface area (Å²) in [7, 11) is -1.74. The Morgan fingerprint density at radius 3 is 2.54 bits per heavy atom. The van der Waals surface area contributed by atoms with Crippen molar-refractivity contribution in [2.45, 2.75) is 50.6 Å². The molecule has 1 N–H and O–H groups in total. The molecule has 28 heavy (non-hydrogen) atoms. The minimum Gasteiger partial charge on any atom is -0.465 e. The molecule has 3 rings (SSSR count). The second kappa shape index (κ2) is 8.94. The van der Waals surface area contributed by atoms with Crippen LogP contribution in [0.3, 0.4) is 0 Å². The van der Waals surface area contributed by atoms with Crippen LogP contribution in [0.4, 0.5) is 5.69 Å². The van der Waals surface area contributed by atoms with Crippen molar-refractivity contribution in [1.82, 2.24) is 4.90 Å². The fourth-order valence-corrected chi connectivity index (χ4v) is 5.91. The zero-order valence-electron chi connectivity index (χ0n) is 16.2. The number of amides is 1. The average Bonchev–Trinajstić information content (AvgIpc) is 3.06. The van der Waals surface area contributed by atoms with Crippen molar-refractivity contribution < 1.29 is 22.7 Å². The lowest BCUT2D eigenvalue weighted by atomic mass is 9.93. The van der Waals surface area contributed by atoms with Crippen LogP contribution in [-0.2, 0) is 19.4 Å². The predicted molar refractivity (Wildman–Crippen MR) is 107 cm³/mol. The third-order valence-electron chi connectivity index (χ3n) is 5.59. The summed E-state index contributed by atoms with van der Waals surface area (Å²) in [6, 6.07) is 6.68. The molecule has 0 aromatic heterocycles. The number of benzene rings is 1. The average molecular weight is 409 g/mol. The predicted octanol–water partition coefficient (Wildman–Crippen LogP) is 2.23. The van der Waals surface area contributed by atoms with Gasteiger partial charge in [0.05, 0.1) is 30.7 Å². The molecule has 1 saturated heterocycles. The summed E-state index contributed by atoms with van der Waals surface area (Å²) in [6.07, 6.45) is 5.69. The van der Waals surface area contributed by atoms with E-state index in [1.165, 1.54) is 13.5 Å². The maximum absolute atomic E-state index is 13.1. The molecule has 0 spiro atoms. The Morgan fingerprint density at radius 2 is 1.89 bits per heavy atom. The van der Waals surface area contributed by atoms with Crippen LogP contribution < -0.4 is 5.32 Å². The fourth-order valence-electron chi connectivity index (χ4n) is 4.20. The molecule has 154 valence electrons. The van der Waals surface area contributed by atoms with Gasteiger partial charge in [0.2, 0.25) is 5.91 Å². The Balaban J connectivity index is 1.70. The molecule has 0 bridgehead atoms. The number of hydrogen-bond donors (Lipinski definition) is 1. The lowest BCUT2D eigenvalue weighted by Crippen LogP contribution is -2.50. The maximum atomic E-state index is 13.1. The molecule has 1 aliphatic heterocycles. The van der Waals surface area contributed by atoms with Gasteiger partial charge in [-0.25, -0.2) is 13.2 Å². The van der Waals surface area contributed by atoms with Crippen molar-refractivity contribution in [1.29, 1.82) is 0 Å². The monoisotopic (exact) mass is 408 g/mol. The highest BCUT2D eigenvalue weighted by Crippen LogP contribution is 2.28. The normalized spacial score (nSPS) is 21.8. The van der Waals surface area contributed by atoms with E-state index in [0.717, 1.165) is 25.7 Å². The van der Waals surface area contributed by atoms with E-state index >= 15 is 0 Å². The quantitative estimate of drug-likeness (QED) is 0.726. The van der Waals surface area contributed by atoms with Gasteiger partial charge in [0.1, 0.15) is 0 Å². The van der Waals surface area contributed by atoms with Crippen molar-refractivity contribution >= 4 is 27.4 Å².